The van der Waals surface area contributed by atoms with Crippen molar-refractivity contribution in [2.45, 2.75) is 44.0 Å². The molecule has 1 atom stereocenters. The number of carbonyl (C=O) groups excluding carboxylic acids is 1. The molecule has 1 aromatic rings. The highest BCUT2D eigenvalue weighted by Crippen LogP contribution is 2.23. The Hall–Kier alpha value is -1.00. The molecule has 0 radical (unpaired) electrons. The van der Waals surface area contributed by atoms with Crippen molar-refractivity contribution in [2.24, 2.45) is 0 Å². The Morgan fingerprint density at radius 1 is 1.40 bits per heavy atom. The Morgan fingerprint density at radius 3 is 2.90 bits per heavy atom. The molecule has 1 heterocycles. The SMILES string of the molecule is Cc1ccc(SCCC(=O)N2CCC[C@@H]2CO)cc1C. The van der Waals surface area contributed by atoms with E-state index in [0.29, 0.717) is 6.42 Å². The van der Waals surface area contributed by atoms with E-state index in [9.17, 15) is 9.90 Å². The molecule has 1 N–H and O–H groups in total. The van der Waals surface area contributed by atoms with Crippen LogP contribution in [0, 0.1) is 13.8 Å². The van der Waals surface area contributed by atoms with Gasteiger partial charge in [-0.2, -0.15) is 0 Å². The molecule has 4 heteroatoms. The lowest BCUT2D eigenvalue weighted by molar-refractivity contribution is -0.132. The molecule has 3 nitrogen and oxygen atoms in total. The third-order valence-electron chi connectivity index (χ3n) is 3.97. The van der Waals surface area contributed by atoms with E-state index in [1.54, 1.807) is 11.8 Å². The number of hydrogen-bond donors (Lipinski definition) is 1. The average Bonchev–Trinajstić information content (AvgIpc) is 2.91. The van der Waals surface area contributed by atoms with E-state index in [1.165, 1.54) is 16.0 Å². The first-order chi connectivity index (χ1) is 9.61. The summed E-state index contributed by atoms with van der Waals surface area (Å²) in [5, 5.41) is 9.25. The van der Waals surface area contributed by atoms with Crippen molar-refractivity contribution in [3.63, 3.8) is 0 Å². The van der Waals surface area contributed by atoms with Crippen LogP contribution >= 0.6 is 11.8 Å². The molecule has 1 saturated heterocycles. The lowest BCUT2D eigenvalue weighted by atomic mass is 10.1. The van der Waals surface area contributed by atoms with E-state index in [-0.39, 0.29) is 18.6 Å². The summed E-state index contributed by atoms with van der Waals surface area (Å²) in [7, 11) is 0. The number of aryl methyl sites for hydroxylation is 2. The monoisotopic (exact) mass is 293 g/mol. The van der Waals surface area contributed by atoms with Gasteiger partial charge in [-0.1, -0.05) is 6.07 Å². The Balaban J connectivity index is 1.80. The van der Waals surface area contributed by atoms with Crippen LogP contribution in [0.2, 0.25) is 0 Å². The molecule has 20 heavy (non-hydrogen) atoms. The summed E-state index contributed by atoms with van der Waals surface area (Å²) in [5.41, 5.74) is 2.59. The van der Waals surface area contributed by atoms with Crippen LogP contribution in [0.3, 0.4) is 0 Å². The van der Waals surface area contributed by atoms with Gasteiger partial charge in [-0.15, -0.1) is 11.8 Å². The van der Waals surface area contributed by atoms with Gasteiger partial charge in [-0.25, -0.2) is 0 Å². The van der Waals surface area contributed by atoms with Gasteiger partial charge >= 0.3 is 0 Å². The van der Waals surface area contributed by atoms with Crippen LogP contribution in [0.1, 0.15) is 30.4 Å². The zero-order valence-corrected chi connectivity index (χ0v) is 13.1. The molecule has 2 rings (SSSR count). The van der Waals surface area contributed by atoms with Gasteiger partial charge in [-0.3, -0.25) is 4.79 Å². The van der Waals surface area contributed by atoms with E-state index in [0.717, 1.165) is 25.1 Å². The van der Waals surface area contributed by atoms with Gasteiger partial charge in [0.25, 0.3) is 0 Å². The smallest absolute Gasteiger partial charge is 0.223 e. The summed E-state index contributed by atoms with van der Waals surface area (Å²) >= 11 is 1.73. The fourth-order valence-corrected chi connectivity index (χ4v) is 3.49. The molecule has 0 unspecified atom stereocenters. The Morgan fingerprint density at radius 2 is 2.20 bits per heavy atom. The van der Waals surface area contributed by atoms with Gasteiger partial charge in [0, 0.05) is 23.6 Å². The predicted molar refractivity (Wildman–Crippen MR) is 83.1 cm³/mol. The van der Waals surface area contributed by atoms with E-state index < -0.39 is 0 Å². The number of nitrogens with zero attached hydrogens (tertiary/aromatic N) is 1. The summed E-state index contributed by atoms with van der Waals surface area (Å²) in [4.78, 5) is 15.2. The fourth-order valence-electron chi connectivity index (χ4n) is 2.56. The molecule has 0 aliphatic carbocycles. The topological polar surface area (TPSA) is 40.5 Å². The van der Waals surface area contributed by atoms with Crippen molar-refractivity contribution < 1.29 is 9.90 Å². The number of rotatable bonds is 5. The normalized spacial score (nSPS) is 18.6. The molecular weight excluding hydrogens is 270 g/mol. The summed E-state index contributed by atoms with van der Waals surface area (Å²) < 4.78 is 0. The molecule has 1 amide bonds. The molecule has 0 bridgehead atoms. The maximum Gasteiger partial charge on any atom is 0.223 e. The maximum atomic E-state index is 12.1. The number of carbonyl (C=O) groups is 1. The van der Waals surface area contributed by atoms with Gasteiger partial charge in [0.05, 0.1) is 12.6 Å². The van der Waals surface area contributed by atoms with E-state index >= 15 is 0 Å². The minimum atomic E-state index is 0.0501. The van der Waals surface area contributed by atoms with Crippen LogP contribution in [0.5, 0.6) is 0 Å². The van der Waals surface area contributed by atoms with Crippen LogP contribution in [0.15, 0.2) is 23.1 Å². The number of thioether (sulfide) groups is 1. The average molecular weight is 293 g/mol. The number of aliphatic hydroxyl groups excluding tert-OH is 1. The highest BCUT2D eigenvalue weighted by Gasteiger charge is 2.27. The molecule has 0 saturated carbocycles. The second-order valence-electron chi connectivity index (χ2n) is 5.41. The minimum Gasteiger partial charge on any atom is -0.394 e. The number of aliphatic hydroxyl groups is 1. The van der Waals surface area contributed by atoms with Crippen molar-refractivity contribution >= 4 is 17.7 Å². The van der Waals surface area contributed by atoms with Crippen LogP contribution in [0.25, 0.3) is 0 Å². The van der Waals surface area contributed by atoms with E-state index in [2.05, 4.69) is 32.0 Å². The standard InChI is InChI=1S/C16H23NO2S/c1-12-5-6-15(10-13(12)2)20-9-7-16(19)17-8-3-4-14(17)11-18/h5-6,10,14,18H,3-4,7-9,11H2,1-2H3/t14-/m1/s1. The number of amides is 1. The predicted octanol–water partition coefficient (Wildman–Crippen LogP) is 2.77. The van der Waals surface area contributed by atoms with Gasteiger partial charge in [0.15, 0.2) is 0 Å². The van der Waals surface area contributed by atoms with Crippen LogP contribution < -0.4 is 0 Å². The summed E-state index contributed by atoms with van der Waals surface area (Å²) in [5.74, 6) is 0.980. The molecular formula is C16H23NO2S. The summed E-state index contributed by atoms with van der Waals surface area (Å²) in [6.45, 7) is 5.12. The van der Waals surface area contributed by atoms with Crippen LogP contribution in [0.4, 0.5) is 0 Å². The van der Waals surface area contributed by atoms with Crippen molar-refractivity contribution in [2.75, 3.05) is 18.9 Å². The third-order valence-corrected chi connectivity index (χ3v) is 4.97. The van der Waals surface area contributed by atoms with Crippen LogP contribution in [-0.4, -0.2) is 40.9 Å². The molecule has 0 spiro atoms. The first-order valence-corrected chi connectivity index (χ1v) is 8.20. The van der Waals surface area contributed by atoms with Gasteiger partial charge in [-0.05, 0) is 49.9 Å². The molecule has 1 fully saturated rings. The number of hydrogen-bond acceptors (Lipinski definition) is 3. The summed E-state index contributed by atoms with van der Waals surface area (Å²) in [6, 6.07) is 6.47. The first kappa shape index (κ1) is 15.4. The molecule has 1 aromatic carbocycles. The maximum absolute atomic E-state index is 12.1. The lowest BCUT2D eigenvalue weighted by Gasteiger charge is -2.22. The van der Waals surface area contributed by atoms with E-state index in [4.69, 9.17) is 0 Å². The second kappa shape index (κ2) is 7.14. The van der Waals surface area contributed by atoms with Crippen molar-refractivity contribution in [1.29, 1.82) is 0 Å². The Kier molecular flexibility index (Phi) is 5.49. The molecule has 0 aromatic heterocycles. The van der Waals surface area contributed by atoms with Crippen LogP contribution in [-0.2, 0) is 4.79 Å². The third kappa shape index (κ3) is 3.76. The van der Waals surface area contributed by atoms with Crippen molar-refractivity contribution in [1.82, 2.24) is 4.90 Å². The van der Waals surface area contributed by atoms with Gasteiger partial charge < -0.3 is 10.0 Å². The Bertz CT molecular complexity index is 476. The van der Waals surface area contributed by atoms with Gasteiger partial charge in [0.2, 0.25) is 5.91 Å². The van der Waals surface area contributed by atoms with Gasteiger partial charge in [0.1, 0.15) is 0 Å². The largest absolute Gasteiger partial charge is 0.394 e. The Labute approximate surface area is 125 Å². The molecule has 1 aliphatic heterocycles. The zero-order chi connectivity index (χ0) is 14.5. The highest BCUT2D eigenvalue weighted by molar-refractivity contribution is 7.99. The molecule has 1 aliphatic rings. The number of likely N-dealkylation sites (tertiary alicyclic amines) is 1. The molecule has 110 valence electrons. The highest BCUT2D eigenvalue weighted by atomic mass is 32.2. The van der Waals surface area contributed by atoms with Crippen molar-refractivity contribution in [3.05, 3.63) is 29.3 Å². The second-order valence-corrected chi connectivity index (χ2v) is 6.58. The van der Waals surface area contributed by atoms with Crippen molar-refractivity contribution in [3.8, 4) is 0 Å². The zero-order valence-electron chi connectivity index (χ0n) is 12.3. The lowest BCUT2D eigenvalue weighted by Crippen LogP contribution is -2.37. The quantitative estimate of drug-likeness (QED) is 0.849. The first-order valence-electron chi connectivity index (χ1n) is 7.22. The summed E-state index contributed by atoms with van der Waals surface area (Å²) in [6.07, 6.45) is 2.50. The van der Waals surface area contributed by atoms with E-state index in [1.807, 2.05) is 4.90 Å². The fraction of sp³-hybridized carbons (Fsp3) is 0.562. The minimum absolute atomic E-state index is 0.0501. The number of benzene rings is 1.